The van der Waals surface area contributed by atoms with Gasteiger partial charge in [-0.05, 0) is 54.2 Å². The SMILES string of the molecule is O=C([O-])c1c2c(nc3ccccc13)/C(=C/c1cccc(Cl)c1Cl)CCC2. The summed E-state index contributed by atoms with van der Waals surface area (Å²) in [7, 11) is 0. The summed E-state index contributed by atoms with van der Waals surface area (Å²) in [6.45, 7) is 0. The Morgan fingerprint density at radius 3 is 2.69 bits per heavy atom. The van der Waals surface area contributed by atoms with Gasteiger partial charge >= 0.3 is 0 Å². The van der Waals surface area contributed by atoms with Gasteiger partial charge in [0.1, 0.15) is 0 Å². The first kappa shape index (κ1) is 17.1. The number of fused-ring (bicyclic) bond motifs is 2. The van der Waals surface area contributed by atoms with Gasteiger partial charge in [0.15, 0.2) is 0 Å². The molecular formula is C21H14Cl2NO2-. The van der Waals surface area contributed by atoms with E-state index in [0.29, 0.717) is 33.1 Å². The molecule has 1 aromatic heterocycles. The van der Waals surface area contributed by atoms with E-state index in [-0.39, 0.29) is 5.56 Å². The van der Waals surface area contributed by atoms with Crippen LogP contribution in [-0.2, 0) is 6.42 Å². The number of carboxylic acids is 1. The summed E-state index contributed by atoms with van der Waals surface area (Å²) < 4.78 is 0. The van der Waals surface area contributed by atoms with Crippen molar-refractivity contribution in [1.82, 2.24) is 4.98 Å². The molecule has 1 aliphatic carbocycles. The van der Waals surface area contributed by atoms with Gasteiger partial charge in [-0.15, -0.1) is 0 Å². The number of carbonyl (C=O) groups excluding carboxylic acids is 1. The lowest BCUT2D eigenvalue weighted by molar-refractivity contribution is -0.254. The summed E-state index contributed by atoms with van der Waals surface area (Å²) in [5.74, 6) is -1.16. The summed E-state index contributed by atoms with van der Waals surface area (Å²) in [5.41, 5.74) is 4.10. The molecule has 0 aliphatic heterocycles. The molecule has 4 rings (SSSR count). The Bertz CT molecular complexity index is 1070. The van der Waals surface area contributed by atoms with Crippen LogP contribution in [0.3, 0.4) is 0 Å². The zero-order chi connectivity index (χ0) is 18.3. The number of hydrogen-bond donors (Lipinski definition) is 0. The van der Waals surface area contributed by atoms with Crippen LogP contribution < -0.4 is 5.11 Å². The highest BCUT2D eigenvalue weighted by atomic mass is 35.5. The third kappa shape index (κ3) is 2.87. The average Bonchev–Trinajstić information content (AvgIpc) is 2.63. The third-order valence-electron chi connectivity index (χ3n) is 4.69. The smallest absolute Gasteiger partial charge is 0.0725 e. The summed E-state index contributed by atoms with van der Waals surface area (Å²) in [4.78, 5) is 16.6. The normalized spacial score (nSPS) is 15.2. The Balaban J connectivity index is 1.98. The Morgan fingerprint density at radius 1 is 1.08 bits per heavy atom. The van der Waals surface area contributed by atoms with Gasteiger partial charge in [0.2, 0.25) is 0 Å². The molecule has 26 heavy (non-hydrogen) atoms. The number of nitrogens with zero attached hydrogens (tertiary/aromatic N) is 1. The molecule has 0 N–H and O–H groups in total. The lowest BCUT2D eigenvalue weighted by Gasteiger charge is -2.23. The first-order valence-electron chi connectivity index (χ1n) is 8.34. The van der Waals surface area contributed by atoms with Gasteiger partial charge in [-0.2, -0.15) is 0 Å². The Labute approximate surface area is 160 Å². The molecule has 3 aromatic rings. The highest BCUT2D eigenvalue weighted by Gasteiger charge is 2.22. The first-order chi connectivity index (χ1) is 12.6. The van der Waals surface area contributed by atoms with Crippen molar-refractivity contribution in [3.63, 3.8) is 0 Å². The molecule has 0 saturated heterocycles. The number of rotatable bonds is 2. The van der Waals surface area contributed by atoms with Crippen LogP contribution in [0.5, 0.6) is 0 Å². The maximum atomic E-state index is 11.9. The van der Waals surface area contributed by atoms with Gasteiger partial charge in [0.05, 0.1) is 27.2 Å². The number of pyridine rings is 1. The van der Waals surface area contributed by atoms with Crippen LogP contribution in [0.25, 0.3) is 22.6 Å². The van der Waals surface area contributed by atoms with Crippen molar-refractivity contribution in [2.75, 3.05) is 0 Å². The monoisotopic (exact) mass is 382 g/mol. The van der Waals surface area contributed by atoms with Crippen LogP contribution in [0.15, 0.2) is 42.5 Å². The maximum absolute atomic E-state index is 11.9. The van der Waals surface area contributed by atoms with E-state index in [1.807, 2.05) is 36.4 Å². The van der Waals surface area contributed by atoms with E-state index in [4.69, 9.17) is 28.2 Å². The molecule has 0 unspecified atom stereocenters. The van der Waals surface area contributed by atoms with E-state index >= 15 is 0 Å². The second kappa shape index (κ2) is 6.75. The van der Waals surface area contributed by atoms with Crippen molar-refractivity contribution >= 4 is 51.7 Å². The second-order valence-corrected chi connectivity index (χ2v) is 7.07. The number of allylic oxidation sites excluding steroid dienone is 1. The van der Waals surface area contributed by atoms with E-state index in [0.717, 1.165) is 29.5 Å². The molecule has 0 amide bonds. The minimum absolute atomic E-state index is 0.244. The second-order valence-electron chi connectivity index (χ2n) is 6.28. The van der Waals surface area contributed by atoms with E-state index in [2.05, 4.69) is 0 Å². The fraction of sp³-hybridized carbons (Fsp3) is 0.143. The minimum Gasteiger partial charge on any atom is -0.545 e. The number of aromatic carboxylic acids is 1. The van der Waals surface area contributed by atoms with Crippen molar-refractivity contribution in [3.05, 3.63) is 74.9 Å². The van der Waals surface area contributed by atoms with Crippen LogP contribution in [0.1, 0.15) is 40.0 Å². The van der Waals surface area contributed by atoms with Crippen LogP contribution in [0, 0.1) is 0 Å². The van der Waals surface area contributed by atoms with Gasteiger partial charge in [0, 0.05) is 10.9 Å². The third-order valence-corrected chi connectivity index (χ3v) is 5.52. The molecule has 0 fully saturated rings. The highest BCUT2D eigenvalue weighted by Crippen LogP contribution is 2.37. The topological polar surface area (TPSA) is 53.0 Å². The molecule has 5 heteroatoms. The molecule has 0 radical (unpaired) electrons. The predicted octanol–water partition coefficient (Wildman–Crippen LogP) is 4.78. The summed E-state index contributed by atoms with van der Waals surface area (Å²) in [6, 6.07) is 12.7. The first-order valence-corrected chi connectivity index (χ1v) is 9.10. The van der Waals surface area contributed by atoms with Gasteiger partial charge in [-0.1, -0.05) is 53.5 Å². The molecule has 0 atom stereocenters. The highest BCUT2D eigenvalue weighted by molar-refractivity contribution is 6.43. The quantitative estimate of drug-likeness (QED) is 0.640. The van der Waals surface area contributed by atoms with Gasteiger partial charge < -0.3 is 9.90 Å². The maximum Gasteiger partial charge on any atom is 0.0725 e. The van der Waals surface area contributed by atoms with E-state index in [1.54, 1.807) is 12.1 Å². The Kier molecular flexibility index (Phi) is 4.43. The van der Waals surface area contributed by atoms with Gasteiger partial charge in [-0.25, -0.2) is 4.98 Å². The molecular weight excluding hydrogens is 369 g/mol. The Hall–Kier alpha value is -2.36. The lowest BCUT2D eigenvalue weighted by atomic mass is 9.86. The molecule has 3 nitrogen and oxygen atoms in total. The number of aromatic nitrogens is 1. The van der Waals surface area contributed by atoms with Crippen molar-refractivity contribution in [1.29, 1.82) is 0 Å². The van der Waals surface area contributed by atoms with Crippen LogP contribution in [0.2, 0.25) is 10.0 Å². The number of para-hydroxylation sites is 1. The molecule has 1 heterocycles. The zero-order valence-corrected chi connectivity index (χ0v) is 15.3. The fourth-order valence-electron chi connectivity index (χ4n) is 3.53. The molecule has 0 spiro atoms. The summed E-state index contributed by atoms with van der Waals surface area (Å²) in [5, 5.41) is 13.4. The van der Waals surface area contributed by atoms with E-state index in [9.17, 15) is 9.90 Å². The molecule has 0 bridgehead atoms. The van der Waals surface area contributed by atoms with Crippen LogP contribution in [0.4, 0.5) is 0 Å². The molecule has 2 aromatic carbocycles. The van der Waals surface area contributed by atoms with E-state index < -0.39 is 5.97 Å². The van der Waals surface area contributed by atoms with Gasteiger partial charge in [-0.3, -0.25) is 0 Å². The minimum atomic E-state index is -1.16. The van der Waals surface area contributed by atoms with Crippen LogP contribution >= 0.6 is 23.2 Å². The molecule has 0 saturated carbocycles. The number of halogens is 2. The lowest BCUT2D eigenvalue weighted by Crippen LogP contribution is -2.26. The number of carbonyl (C=O) groups is 1. The average molecular weight is 383 g/mol. The number of benzene rings is 2. The number of carboxylic acid groups (broad SMARTS) is 1. The van der Waals surface area contributed by atoms with Crippen molar-refractivity contribution < 1.29 is 9.90 Å². The van der Waals surface area contributed by atoms with Crippen molar-refractivity contribution in [3.8, 4) is 0 Å². The van der Waals surface area contributed by atoms with Crippen LogP contribution in [-0.4, -0.2) is 11.0 Å². The van der Waals surface area contributed by atoms with Crippen molar-refractivity contribution in [2.45, 2.75) is 19.3 Å². The zero-order valence-electron chi connectivity index (χ0n) is 13.8. The standard InChI is InChI=1S/C21H15Cl2NO2/c22-16-9-4-5-12(19(16)23)11-13-6-3-8-15-18(21(25)26)14-7-1-2-10-17(14)24-20(13)15/h1-2,4-5,7,9-11H,3,6,8H2,(H,25,26)/p-1/b13-11+. The predicted molar refractivity (Wildman–Crippen MR) is 103 cm³/mol. The summed E-state index contributed by atoms with van der Waals surface area (Å²) in [6.07, 6.45) is 4.26. The van der Waals surface area contributed by atoms with Gasteiger partial charge in [0.25, 0.3) is 0 Å². The Morgan fingerprint density at radius 2 is 1.88 bits per heavy atom. The van der Waals surface area contributed by atoms with E-state index in [1.165, 1.54) is 0 Å². The molecule has 1 aliphatic rings. The largest absolute Gasteiger partial charge is 0.545 e. The fourth-order valence-corrected chi connectivity index (χ4v) is 3.89. The summed E-state index contributed by atoms with van der Waals surface area (Å²) >= 11 is 12.4. The number of hydrogen-bond acceptors (Lipinski definition) is 3. The van der Waals surface area contributed by atoms with Crippen molar-refractivity contribution in [2.24, 2.45) is 0 Å². The molecule has 130 valence electrons.